The van der Waals surface area contributed by atoms with Crippen LogP contribution in [0.1, 0.15) is 22.8 Å². The zero-order chi connectivity index (χ0) is 25.5. The van der Waals surface area contributed by atoms with Crippen LogP contribution in [0.15, 0.2) is 70.2 Å². The standard InChI is InChI=1S/C24H18BrClFN3O5/c1-13(29-30-23(32)22(31)28-19-9-6-16(25)12-18(19)27)15-5-10-20(21(11-15)34-2)35-24(33)14-3-7-17(26)8-4-14/h3-12H,1-2H3,(H,28,31)(H,30,32)/b29-13+. The lowest BCUT2D eigenvalue weighted by molar-refractivity contribution is -0.136. The van der Waals surface area contributed by atoms with Crippen molar-refractivity contribution in [2.45, 2.75) is 6.92 Å². The van der Waals surface area contributed by atoms with Crippen LogP contribution >= 0.6 is 27.5 Å². The van der Waals surface area contributed by atoms with Gasteiger partial charge in [0.05, 0.1) is 24.1 Å². The van der Waals surface area contributed by atoms with Gasteiger partial charge in [-0.1, -0.05) is 27.5 Å². The molecule has 35 heavy (non-hydrogen) atoms. The first kappa shape index (κ1) is 25.9. The molecule has 0 aromatic heterocycles. The minimum Gasteiger partial charge on any atom is -0.493 e. The monoisotopic (exact) mass is 561 g/mol. The van der Waals surface area contributed by atoms with Gasteiger partial charge in [-0.05, 0) is 67.6 Å². The summed E-state index contributed by atoms with van der Waals surface area (Å²) in [7, 11) is 1.40. The average molecular weight is 563 g/mol. The highest BCUT2D eigenvalue weighted by Crippen LogP contribution is 2.29. The molecule has 0 aliphatic carbocycles. The lowest BCUT2D eigenvalue weighted by atomic mass is 10.1. The Morgan fingerprint density at radius 2 is 1.63 bits per heavy atom. The third kappa shape index (κ3) is 6.87. The lowest BCUT2D eigenvalue weighted by Gasteiger charge is -2.11. The van der Waals surface area contributed by atoms with E-state index < -0.39 is 23.6 Å². The number of methoxy groups -OCH3 is 1. The molecule has 2 N–H and O–H groups in total. The molecule has 0 heterocycles. The number of hydrazone groups is 1. The summed E-state index contributed by atoms with van der Waals surface area (Å²) < 4.78 is 25.0. The van der Waals surface area contributed by atoms with Crippen LogP contribution in [-0.2, 0) is 9.59 Å². The van der Waals surface area contributed by atoms with Gasteiger partial charge in [-0.25, -0.2) is 14.6 Å². The lowest BCUT2D eigenvalue weighted by Crippen LogP contribution is -2.33. The Morgan fingerprint density at radius 1 is 0.943 bits per heavy atom. The van der Waals surface area contributed by atoms with Gasteiger partial charge < -0.3 is 14.8 Å². The predicted octanol–water partition coefficient (Wildman–Crippen LogP) is 4.95. The van der Waals surface area contributed by atoms with E-state index in [2.05, 4.69) is 31.8 Å². The second kappa shape index (κ2) is 11.6. The molecule has 0 saturated heterocycles. The fourth-order valence-corrected chi connectivity index (χ4v) is 3.20. The summed E-state index contributed by atoms with van der Waals surface area (Å²) in [6, 6.07) is 14.8. The zero-order valence-electron chi connectivity index (χ0n) is 18.4. The Bertz CT molecular complexity index is 1320. The van der Waals surface area contributed by atoms with E-state index >= 15 is 0 Å². The average Bonchev–Trinajstić information content (AvgIpc) is 2.84. The Labute approximate surface area is 213 Å². The van der Waals surface area contributed by atoms with Gasteiger partial charge in [0.1, 0.15) is 5.82 Å². The largest absolute Gasteiger partial charge is 0.493 e. The van der Waals surface area contributed by atoms with Crippen molar-refractivity contribution in [2.24, 2.45) is 5.10 Å². The van der Waals surface area contributed by atoms with E-state index in [0.29, 0.717) is 26.3 Å². The van der Waals surface area contributed by atoms with Gasteiger partial charge in [-0.15, -0.1) is 0 Å². The molecule has 0 aliphatic heterocycles. The van der Waals surface area contributed by atoms with Crippen molar-refractivity contribution in [3.63, 3.8) is 0 Å². The highest BCUT2D eigenvalue weighted by Gasteiger charge is 2.17. The number of halogens is 3. The number of nitrogens with one attached hydrogen (secondary N) is 2. The highest BCUT2D eigenvalue weighted by molar-refractivity contribution is 9.10. The quantitative estimate of drug-likeness (QED) is 0.145. The summed E-state index contributed by atoms with van der Waals surface area (Å²) in [6.07, 6.45) is 0. The van der Waals surface area contributed by atoms with Crippen molar-refractivity contribution in [3.05, 3.63) is 87.1 Å². The van der Waals surface area contributed by atoms with E-state index in [9.17, 15) is 18.8 Å². The maximum absolute atomic E-state index is 13.9. The Hall–Kier alpha value is -3.76. The number of anilines is 1. The van der Waals surface area contributed by atoms with Crippen molar-refractivity contribution in [1.82, 2.24) is 5.43 Å². The van der Waals surface area contributed by atoms with Crippen LogP contribution in [0.4, 0.5) is 10.1 Å². The molecule has 3 rings (SSSR count). The first-order chi connectivity index (χ1) is 16.7. The summed E-state index contributed by atoms with van der Waals surface area (Å²) >= 11 is 8.94. The molecule has 0 radical (unpaired) electrons. The normalized spacial score (nSPS) is 10.9. The summed E-state index contributed by atoms with van der Waals surface area (Å²) in [5, 5.41) is 6.55. The van der Waals surface area contributed by atoms with Gasteiger partial charge in [0.15, 0.2) is 11.5 Å². The second-order valence-electron chi connectivity index (χ2n) is 6.98. The molecule has 0 saturated carbocycles. The fraction of sp³-hybridized carbons (Fsp3) is 0.0833. The third-order valence-corrected chi connectivity index (χ3v) is 5.32. The fourth-order valence-electron chi connectivity index (χ4n) is 2.74. The van der Waals surface area contributed by atoms with Crippen LogP contribution in [-0.4, -0.2) is 30.6 Å². The van der Waals surface area contributed by atoms with E-state index in [1.807, 2.05) is 0 Å². The van der Waals surface area contributed by atoms with E-state index in [1.54, 1.807) is 31.2 Å². The molecular weight excluding hydrogens is 545 g/mol. The summed E-state index contributed by atoms with van der Waals surface area (Å²) in [5.41, 5.74) is 3.12. The topological polar surface area (TPSA) is 106 Å². The Morgan fingerprint density at radius 3 is 2.29 bits per heavy atom. The maximum Gasteiger partial charge on any atom is 0.343 e. The molecule has 0 unspecified atom stereocenters. The summed E-state index contributed by atoms with van der Waals surface area (Å²) in [6.45, 7) is 1.58. The molecule has 0 bridgehead atoms. The Balaban J connectivity index is 1.66. The number of nitrogens with zero attached hydrogens (tertiary/aromatic N) is 1. The SMILES string of the molecule is COc1cc(/C(C)=N/NC(=O)C(=O)Nc2ccc(Br)cc2F)ccc1OC(=O)c1ccc(Cl)cc1. The van der Waals surface area contributed by atoms with Crippen molar-refractivity contribution >= 4 is 56.7 Å². The molecule has 11 heteroatoms. The Kier molecular flexibility index (Phi) is 8.56. The van der Waals surface area contributed by atoms with Crippen molar-refractivity contribution < 1.29 is 28.2 Å². The van der Waals surface area contributed by atoms with Gasteiger partial charge in [-0.2, -0.15) is 5.10 Å². The van der Waals surface area contributed by atoms with Gasteiger partial charge in [-0.3, -0.25) is 9.59 Å². The number of rotatable bonds is 6. The first-order valence-corrected chi connectivity index (χ1v) is 11.1. The second-order valence-corrected chi connectivity index (χ2v) is 8.33. The van der Waals surface area contributed by atoms with Crippen LogP contribution in [0.2, 0.25) is 5.02 Å². The molecule has 0 aliphatic rings. The minimum atomic E-state index is -1.09. The maximum atomic E-state index is 13.9. The van der Waals surface area contributed by atoms with Gasteiger partial charge in [0.25, 0.3) is 0 Å². The third-order valence-electron chi connectivity index (χ3n) is 4.57. The van der Waals surface area contributed by atoms with Crippen LogP contribution in [0.5, 0.6) is 11.5 Å². The molecule has 3 aromatic carbocycles. The van der Waals surface area contributed by atoms with Gasteiger partial charge in [0, 0.05) is 15.1 Å². The van der Waals surface area contributed by atoms with E-state index in [0.717, 1.165) is 6.07 Å². The molecule has 2 amide bonds. The summed E-state index contributed by atoms with van der Waals surface area (Å²) in [5.74, 6) is -3.07. The van der Waals surface area contributed by atoms with Crippen LogP contribution in [0.25, 0.3) is 0 Å². The number of benzene rings is 3. The van der Waals surface area contributed by atoms with Crippen LogP contribution < -0.4 is 20.2 Å². The van der Waals surface area contributed by atoms with Crippen LogP contribution in [0.3, 0.4) is 0 Å². The first-order valence-electron chi connectivity index (χ1n) is 9.94. The predicted molar refractivity (Wildman–Crippen MR) is 132 cm³/mol. The highest BCUT2D eigenvalue weighted by atomic mass is 79.9. The molecule has 3 aromatic rings. The molecule has 0 spiro atoms. The number of carbonyl (C=O) groups excluding carboxylic acids is 3. The minimum absolute atomic E-state index is 0.150. The number of ether oxygens (including phenoxy) is 2. The molecule has 180 valence electrons. The zero-order valence-corrected chi connectivity index (χ0v) is 20.7. The number of hydrogen-bond acceptors (Lipinski definition) is 6. The van der Waals surface area contributed by atoms with E-state index in [-0.39, 0.29) is 17.2 Å². The smallest absolute Gasteiger partial charge is 0.343 e. The van der Waals surface area contributed by atoms with Crippen molar-refractivity contribution in [1.29, 1.82) is 0 Å². The van der Waals surface area contributed by atoms with E-state index in [4.69, 9.17) is 21.1 Å². The van der Waals surface area contributed by atoms with Crippen LogP contribution in [0, 0.1) is 5.82 Å². The summed E-state index contributed by atoms with van der Waals surface area (Å²) in [4.78, 5) is 36.5. The van der Waals surface area contributed by atoms with Crippen molar-refractivity contribution in [3.8, 4) is 11.5 Å². The van der Waals surface area contributed by atoms with E-state index in [1.165, 1.54) is 37.4 Å². The van der Waals surface area contributed by atoms with Crippen molar-refractivity contribution in [2.75, 3.05) is 12.4 Å². The molecular formula is C24H18BrClFN3O5. The number of carbonyl (C=O) groups is 3. The molecule has 0 atom stereocenters. The van der Waals surface area contributed by atoms with Gasteiger partial charge >= 0.3 is 17.8 Å². The van der Waals surface area contributed by atoms with Gasteiger partial charge in [0.2, 0.25) is 0 Å². The molecule has 0 fully saturated rings. The number of amides is 2. The number of esters is 1. The molecule has 8 nitrogen and oxygen atoms in total. The number of hydrogen-bond donors (Lipinski definition) is 2.